The topological polar surface area (TPSA) is 45.3 Å². The smallest absolute Gasteiger partial charge is 0.234 e. The Kier molecular flexibility index (Phi) is 4.43. The van der Waals surface area contributed by atoms with Gasteiger partial charge >= 0.3 is 0 Å². The van der Waals surface area contributed by atoms with Gasteiger partial charge in [-0.05, 0) is 32.0 Å². The molecular weight excluding hydrogens is 296 g/mol. The highest BCUT2D eigenvalue weighted by Crippen LogP contribution is 2.46. The van der Waals surface area contributed by atoms with Gasteiger partial charge in [0.25, 0.3) is 0 Å². The Morgan fingerprint density at radius 2 is 2.18 bits per heavy atom. The minimum Gasteiger partial charge on any atom is -0.493 e. The molecule has 1 aromatic heterocycles. The zero-order valence-corrected chi connectivity index (χ0v) is 13.6. The number of para-hydroxylation sites is 1. The van der Waals surface area contributed by atoms with Gasteiger partial charge in [0.1, 0.15) is 11.1 Å². The van der Waals surface area contributed by atoms with Crippen molar-refractivity contribution in [1.82, 2.24) is 9.88 Å². The maximum atomic E-state index is 12.4. The SMILES string of the molecule is CCOc1ccccc1C1SCC(=O)N1C(C)c1ccc[nH]1. The average molecular weight is 316 g/mol. The predicted octanol–water partition coefficient (Wildman–Crippen LogP) is 3.75. The molecule has 0 saturated carbocycles. The summed E-state index contributed by atoms with van der Waals surface area (Å²) in [6.07, 6.45) is 1.89. The second-order valence-corrected chi connectivity index (χ2v) is 6.31. The first-order valence-corrected chi connectivity index (χ1v) is 8.55. The molecule has 0 spiro atoms. The molecule has 0 aliphatic carbocycles. The number of rotatable bonds is 5. The number of carbonyl (C=O) groups excluding carboxylic acids is 1. The fourth-order valence-electron chi connectivity index (χ4n) is 2.82. The lowest BCUT2D eigenvalue weighted by atomic mass is 10.1. The zero-order chi connectivity index (χ0) is 15.5. The van der Waals surface area contributed by atoms with E-state index in [9.17, 15) is 4.79 Å². The van der Waals surface area contributed by atoms with Crippen molar-refractivity contribution < 1.29 is 9.53 Å². The quantitative estimate of drug-likeness (QED) is 0.914. The molecule has 0 radical (unpaired) electrons. The molecule has 5 heteroatoms. The van der Waals surface area contributed by atoms with Gasteiger partial charge in [0.05, 0.1) is 18.4 Å². The van der Waals surface area contributed by atoms with E-state index in [2.05, 4.69) is 18.0 Å². The molecule has 1 fully saturated rings. The Hall–Kier alpha value is -1.88. The Morgan fingerprint density at radius 1 is 1.36 bits per heavy atom. The van der Waals surface area contributed by atoms with Crippen LogP contribution in [0.3, 0.4) is 0 Å². The number of nitrogens with zero attached hydrogens (tertiary/aromatic N) is 1. The van der Waals surface area contributed by atoms with Crippen molar-refractivity contribution in [2.24, 2.45) is 0 Å². The van der Waals surface area contributed by atoms with Crippen molar-refractivity contribution in [3.63, 3.8) is 0 Å². The van der Waals surface area contributed by atoms with Gasteiger partial charge in [-0.15, -0.1) is 11.8 Å². The van der Waals surface area contributed by atoms with Gasteiger partial charge in [-0.2, -0.15) is 0 Å². The Balaban J connectivity index is 1.94. The van der Waals surface area contributed by atoms with Gasteiger partial charge in [-0.3, -0.25) is 4.79 Å². The summed E-state index contributed by atoms with van der Waals surface area (Å²) < 4.78 is 5.74. The number of carbonyl (C=O) groups is 1. The number of hydrogen-bond donors (Lipinski definition) is 1. The second-order valence-electron chi connectivity index (χ2n) is 5.24. The van der Waals surface area contributed by atoms with Gasteiger partial charge in [0.2, 0.25) is 5.91 Å². The largest absolute Gasteiger partial charge is 0.493 e. The van der Waals surface area contributed by atoms with Crippen LogP contribution in [0.2, 0.25) is 0 Å². The average Bonchev–Trinajstić information content (AvgIpc) is 3.17. The van der Waals surface area contributed by atoms with Gasteiger partial charge < -0.3 is 14.6 Å². The van der Waals surface area contributed by atoms with E-state index in [1.807, 2.05) is 48.4 Å². The number of aromatic amines is 1. The number of amides is 1. The van der Waals surface area contributed by atoms with Crippen LogP contribution in [-0.4, -0.2) is 28.2 Å². The van der Waals surface area contributed by atoms with Gasteiger partial charge in [0.15, 0.2) is 0 Å². The number of ether oxygens (including phenoxy) is 1. The van der Waals surface area contributed by atoms with E-state index >= 15 is 0 Å². The molecule has 2 heterocycles. The van der Waals surface area contributed by atoms with Crippen LogP contribution in [0.25, 0.3) is 0 Å². The van der Waals surface area contributed by atoms with Crippen molar-refractivity contribution in [1.29, 1.82) is 0 Å². The molecular formula is C17H20N2O2S. The normalized spacial score (nSPS) is 19.5. The zero-order valence-electron chi connectivity index (χ0n) is 12.8. The van der Waals surface area contributed by atoms with Crippen molar-refractivity contribution in [2.45, 2.75) is 25.3 Å². The van der Waals surface area contributed by atoms with Crippen LogP contribution in [0.15, 0.2) is 42.6 Å². The van der Waals surface area contributed by atoms with Crippen LogP contribution >= 0.6 is 11.8 Å². The van der Waals surface area contributed by atoms with E-state index in [1.165, 1.54) is 0 Å². The monoisotopic (exact) mass is 316 g/mol. The van der Waals surface area contributed by atoms with E-state index in [1.54, 1.807) is 11.8 Å². The van der Waals surface area contributed by atoms with Gasteiger partial charge in [0, 0.05) is 17.5 Å². The predicted molar refractivity (Wildman–Crippen MR) is 88.9 cm³/mol. The maximum absolute atomic E-state index is 12.4. The van der Waals surface area contributed by atoms with E-state index in [4.69, 9.17) is 4.74 Å². The number of aromatic nitrogens is 1. The summed E-state index contributed by atoms with van der Waals surface area (Å²) in [5.74, 6) is 1.54. The first-order valence-electron chi connectivity index (χ1n) is 7.50. The van der Waals surface area contributed by atoms with Crippen LogP contribution in [0, 0.1) is 0 Å². The molecule has 2 atom stereocenters. The number of hydrogen-bond acceptors (Lipinski definition) is 3. The Morgan fingerprint density at radius 3 is 2.91 bits per heavy atom. The number of thioether (sulfide) groups is 1. The molecule has 1 saturated heterocycles. The second kappa shape index (κ2) is 6.48. The lowest BCUT2D eigenvalue weighted by Gasteiger charge is -2.30. The molecule has 2 unspecified atom stereocenters. The summed E-state index contributed by atoms with van der Waals surface area (Å²) in [5.41, 5.74) is 2.12. The van der Waals surface area contributed by atoms with Crippen molar-refractivity contribution in [3.05, 3.63) is 53.9 Å². The lowest BCUT2D eigenvalue weighted by Crippen LogP contribution is -2.31. The molecule has 1 aromatic carbocycles. The minimum atomic E-state index is -0.00597. The Labute approximate surface area is 134 Å². The number of benzene rings is 1. The first kappa shape index (κ1) is 15.0. The third kappa shape index (κ3) is 2.73. The number of nitrogens with one attached hydrogen (secondary N) is 1. The maximum Gasteiger partial charge on any atom is 0.234 e. The van der Waals surface area contributed by atoms with E-state index in [0.717, 1.165) is 17.0 Å². The molecule has 3 rings (SSSR count). The van der Waals surface area contributed by atoms with Crippen LogP contribution in [0.4, 0.5) is 0 Å². The molecule has 1 aliphatic heterocycles. The molecule has 1 N–H and O–H groups in total. The Bertz CT molecular complexity index is 642. The van der Waals surface area contributed by atoms with Crippen molar-refractivity contribution in [2.75, 3.05) is 12.4 Å². The molecule has 1 aliphatic rings. The van der Waals surface area contributed by atoms with Gasteiger partial charge in [-0.1, -0.05) is 18.2 Å². The third-order valence-electron chi connectivity index (χ3n) is 3.88. The fourth-order valence-corrected chi connectivity index (χ4v) is 4.10. The van der Waals surface area contributed by atoms with Crippen LogP contribution < -0.4 is 4.74 Å². The van der Waals surface area contributed by atoms with Crippen LogP contribution in [-0.2, 0) is 4.79 Å². The first-order chi connectivity index (χ1) is 10.7. The van der Waals surface area contributed by atoms with Crippen molar-refractivity contribution >= 4 is 17.7 Å². The summed E-state index contributed by atoms with van der Waals surface area (Å²) in [4.78, 5) is 17.6. The molecule has 4 nitrogen and oxygen atoms in total. The highest BCUT2D eigenvalue weighted by molar-refractivity contribution is 8.00. The minimum absolute atomic E-state index is 0.00597. The molecule has 1 amide bonds. The highest BCUT2D eigenvalue weighted by atomic mass is 32.2. The molecule has 2 aromatic rings. The number of H-pyrrole nitrogens is 1. The molecule has 22 heavy (non-hydrogen) atoms. The summed E-state index contributed by atoms with van der Waals surface area (Å²) in [5, 5.41) is -0.00597. The van der Waals surface area contributed by atoms with Crippen molar-refractivity contribution in [3.8, 4) is 5.75 Å². The summed E-state index contributed by atoms with van der Waals surface area (Å²) in [7, 11) is 0. The fraction of sp³-hybridized carbons (Fsp3) is 0.353. The molecule has 116 valence electrons. The van der Waals surface area contributed by atoms with Crippen LogP contribution in [0.5, 0.6) is 5.75 Å². The lowest BCUT2D eigenvalue weighted by molar-refractivity contribution is -0.130. The van der Waals surface area contributed by atoms with E-state index in [0.29, 0.717) is 12.4 Å². The highest BCUT2D eigenvalue weighted by Gasteiger charge is 2.38. The summed E-state index contributed by atoms with van der Waals surface area (Å²) in [6.45, 7) is 4.66. The van der Waals surface area contributed by atoms with Crippen LogP contribution in [0.1, 0.15) is 36.5 Å². The van der Waals surface area contributed by atoms with Gasteiger partial charge in [-0.25, -0.2) is 0 Å². The summed E-state index contributed by atoms with van der Waals surface area (Å²) in [6, 6.07) is 12.0. The standard InChI is InChI=1S/C17H20N2O2S/c1-3-21-15-9-5-4-7-13(15)17-19(16(20)11-22-17)12(2)14-8-6-10-18-14/h4-10,12,17-18H,3,11H2,1-2H3. The van der Waals surface area contributed by atoms with E-state index in [-0.39, 0.29) is 17.3 Å². The summed E-state index contributed by atoms with van der Waals surface area (Å²) >= 11 is 1.66. The van der Waals surface area contributed by atoms with E-state index < -0.39 is 0 Å². The molecule has 0 bridgehead atoms. The third-order valence-corrected chi connectivity index (χ3v) is 5.09.